The van der Waals surface area contributed by atoms with E-state index in [9.17, 15) is 26.3 Å². The molecule has 0 amide bonds. The van der Waals surface area contributed by atoms with Crippen molar-refractivity contribution in [2.45, 2.75) is 51.4 Å². The average Bonchev–Trinajstić information content (AvgIpc) is 2.88. The Bertz CT molecular complexity index is 1590. The van der Waals surface area contributed by atoms with Crippen LogP contribution in [-0.4, -0.2) is 47.6 Å². The molecule has 0 saturated heterocycles. The van der Waals surface area contributed by atoms with Crippen molar-refractivity contribution in [1.82, 2.24) is 15.3 Å². The molecular weight excluding hydrogens is 731 g/mol. The summed E-state index contributed by atoms with van der Waals surface area (Å²) in [4.78, 5) is 13.8. The molecule has 13 heteroatoms. The van der Waals surface area contributed by atoms with E-state index in [0.29, 0.717) is 32.3 Å². The van der Waals surface area contributed by atoms with Crippen LogP contribution in [0.4, 0.5) is 26.3 Å². The van der Waals surface area contributed by atoms with Crippen molar-refractivity contribution in [2.75, 3.05) is 25.8 Å². The summed E-state index contributed by atoms with van der Waals surface area (Å²) in [6.07, 6.45) is -5.29. The molecule has 0 aromatic carbocycles. The summed E-state index contributed by atoms with van der Waals surface area (Å²) in [6.45, 7) is 12.4. The molecule has 0 spiro atoms. The molecule has 0 bridgehead atoms. The second-order valence-electron chi connectivity index (χ2n) is 12.4. The zero-order chi connectivity index (χ0) is 34.3. The summed E-state index contributed by atoms with van der Waals surface area (Å²) in [5, 5.41) is 10.0. The van der Waals surface area contributed by atoms with E-state index >= 15 is 0 Å². The Labute approximate surface area is 266 Å². The second kappa shape index (κ2) is 12.8. The number of rotatable bonds is 10. The molecule has 2 atom stereocenters. The van der Waals surface area contributed by atoms with E-state index in [1.807, 2.05) is 21.7 Å². The van der Waals surface area contributed by atoms with Crippen LogP contribution in [0.25, 0.3) is 11.3 Å². The summed E-state index contributed by atoms with van der Waals surface area (Å²) >= 11 is 2.90. The van der Waals surface area contributed by atoms with E-state index in [1.165, 1.54) is 12.1 Å². The standard InChI is InChI=1S/C32H39ClF6IN5/c1-9-22-24(19(4)15-40(6,7,8)42)14-26(45-29(22)23-10-11-43-30(27(23)33)32(37,38)39)25(31(34,35)36)16-44-20(5)21-12-17(2)28(41)18(3)13-21/h10-14,19,25,41,44H,2,5,9,15-16,42H2,1,3-4,6-8H3. The number of nitrogens with zero attached hydrogens (tertiary/aromatic N) is 2. The van der Waals surface area contributed by atoms with Crippen LogP contribution in [0.1, 0.15) is 55.1 Å². The van der Waals surface area contributed by atoms with E-state index in [0.717, 1.165) is 6.20 Å². The van der Waals surface area contributed by atoms with Gasteiger partial charge < -0.3 is 5.41 Å². The van der Waals surface area contributed by atoms with E-state index in [2.05, 4.69) is 28.4 Å². The zero-order valence-corrected chi connectivity index (χ0v) is 29.0. The third kappa shape index (κ3) is 8.97. The van der Waals surface area contributed by atoms with Gasteiger partial charge >= 0.3 is 243 Å². The van der Waals surface area contributed by atoms with Crippen molar-refractivity contribution < 1.29 is 26.3 Å². The molecule has 1 aliphatic carbocycles. The summed E-state index contributed by atoms with van der Waals surface area (Å²) in [7, 11) is 0. The maximum absolute atomic E-state index is 14.8. The van der Waals surface area contributed by atoms with Gasteiger partial charge in [0.25, 0.3) is 0 Å². The van der Waals surface area contributed by atoms with Crippen LogP contribution < -0.4 is 9.26 Å². The predicted molar refractivity (Wildman–Crippen MR) is 181 cm³/mol. The first-order valence-corrected chi connectivity index (χ1v) is 23.5. The molecule has 2 heterocycles. The minimum atomic E-state index is -4.89. The van der Waals surface area contributed by atoms with Crippen LogP contribution in [0.15, 0.2) is 66.1 Å². The van der Waals surface area contributed by atoms with Gasteiger partial charge in [-0.15, -0.1) is 0 Å². The van der Waals surface area contributed by atoms with E-state index < -0.39 is 52.9 Å². The normalized spacial score (nSPS) is 16.8. The SMILES string of the molecule is C=C1C=C(C(=C)NCC(c2cc(C(C)CI(C)(C)(C)N)c(CC)c(-c3ccnc(C(F)(F)F)c3Cl)n2)C(F)(F)F)C=C(C)C1=N. The molecule has 2 aromatic rings. The third-order valence-corrected chi connectivity index (χ3v) is 12.2. The number of halogens is 8. The summed E-state index contributed by atoms with van der Waals surface area (Å²) in [6, 6.07) is 2.64. The molecule has 0 radical (unpaired) electrons. The van der Waals surface area contributed by atoms with Crippen molar-refractivity contribution in [3.63, 3.8) is 0 Å². The van der Waals surface area contributed by atoms with E-state index in [4.69, 9.17) is 21.0 Å². The van der Waals surface area contributed by atoms with E-state index in [1.54, 1.807) is 26.0 Å². The molecule has 1 aliphatic rings. The summed E-state index contributed by atoms with van der Waals surface area (Å²) in [5.74, 6) is -2.48. The number of hydrogen-bond donors (Lipinski definition) is 3. The summed E-state index contributed by atoms with van der Waals surface area (Å²) < 4.78 is 92.8. The topological polar surface area (TPSA) is 87.7 Å². The van der Waals surface area contributed by atoms with Crippen LogP contribution >= 0.6 is 28.9 Å². The molecule has 5 nitrogen and oxygen atoms in total. The molecule has 0 fully saturated rings. The molecule has 4 N–H and O–H groups in total. The van der Waals surface area contributed by atoms with Gasteiger partial charge in [-0.3, -0.25) is 0 Å². The van der Waals surface area contributed by atoms with Crippen molar-refractivity contribution >= 4 is 34.6 Å². The molecular formula is C32H39ClF6IN5. The van der Waals surface area contributed by atoms with Crippen molar-refractivity contribution in [3.05, 3.63) is 93.6 Å². The molecule has 3 rings (SSSR count). The first-order chi connectivity index (χ1) is 20.4. The predicted octanol–water partition coefficient (Wildman–Crippen LogP) is 9.03. The smallest absolute Gasteiger partial charge is 0.300 e. The monoisotopic (exact) mass is 769 g/mol. The minimum absolute atomic E-state index is 0.0570. The Hall–Kier alpha value is -2.71. The van der Waals surface area contributed by atoms with E-state index in [-0.39, 0.29) is 40.7 Å². The number of hydrogen-bond acceptors (Lipinski definition) is 5. The van der Waals surface area contributed by atoms with Gasteiger partial charge in [0, 0.05) is 0 Å². The second-order valence-corrected chi connectivity index (χ2v) is 29.3. The average molecular weight is 770 g/mol. The Kier molecular flexibility index (Phi) is 10.5. The van der Waals surface area contributed by atoms with Gasteiger partial charge in [-0.1, -0.05) is 6.58 Å². The first-order valence-electron chi connectivity index (χ1n) is 13.9. The number of nitrogens with two attached hydrogens (primary N) is 1. The number of pyridine rings is 2. The molecule has 2 aromatic heterocycles. The van der Waals surface area contributed by atoms with Gasteiger partial charge in [0.15, 0.2) is 0 Å². The van der Waals surface area contributed by atoms with Gasteiger partial charge in [-0.25, -0.2) is 0 Å². The maximum atomic E-state index is 14.8. The first kappa shape index (κ1) is 36.8. The van der Waals surface area contributed by atoms with Gasteiger partial charge in [-0.2, -0.15) is 0 Å². The van der Waals surface area contributed by atoms with Crippen LogP contribution in [0.5, 0.6) is 0 Å². The van der Waals surface area contributed by atoms with Gasteiger partial charge in [0.2, 0.25) is 0 Å². The molecule has 0 aliphatic heterocycles. The Morgan fingerprint density at radius 3 is 2.29 bits per heavy atom. The van der Waals surface area contributed by atoms with Gasteiger partial charge in [0.05, 0.1) is 5.71 Å². The van der Waals surface area contributed by atoms with Crippen molar-refractivity contribution in [2.24, 2.45) is 3.95 Å². The zero-order valence-electron chi connectivity index (χ0n) is 26.1. The summed E-state index contributed by atoms with van der Waals surface area (Å²) in [5.41, 5.74) is 0.959. The number of allylic oxidation sites excluding steroid dienone is 4. The van der Waals surface area contributed by atoms with Crippen molar-refractivity contribution in [3.8, 4) is 11.3 Å². The Morgan fingerprint density at radius 2 is 1.78 bits per heavy atom. The van der Waals surface area contributed by atoms with Crippen LogP contribution in [-0.2, 0) is 12.6 Å². The quantitative estimate of drug-likeness (QED) is 0.0975. The molecule has 2 unspecified atom stereocenters. The Balaban J connectivity index is 2.23. The Morgan fingerprint density at radius 1 is 1.16 bits per heavy atom. The fourth-order valence-electron chi connectivity index (χ4n) is 5.31. The van der Waals surface area contributed by atoms with Gasteiger partial charge in [-0.05, 0) is 6.92 Å². The molecule has 248 valence electrons. The number of aromatic nitrogens is 2. The number of alkyl halides is 10. The van der Waals surface area contributed by atoms with Gasteiger partial charge in [0.1, 0.15) is 0 Å². The van der Waals surface area contributed by atoms with Crippen LogP contribution in [0.3, 0.4) is 0 Å². The van der Waals surface area contributed by atoms with Crippen LogP contribution in [0.2, 0.25) is 5.02 Å². The molecule has 45 heavy (non-hydrogen) atoms. The fourth-order valence-corrected chi connectivity index (χ4v) is 10.8. The molecule has 0 saturated carbocycles. The third-order valence-electron chi connectivity index (χ3n) is 7.30. The number of nitrogens with one attached hydrogen (secondary N) is 2. The minimum Gasteiger partial charge on any atom is -0.300 e. The fraction of sp³-hybridized carbons (Fsp3) is 0.406. The van der Waals surface area contributed by atoms with Crippen molar-refractivity contribution in [1.29, 1.82) is 5.41 Å². The van der Waals surface area contributed by atoms with Crippen LogP contribution in [0, 0.1) is 5.41 Å².